The van der Waals surface area contributed by atoms with Crippen molar-refractivity contribution >= 4 is 8.07 Å². The maximum atomic E-state index is 2.34. The van der Waals surface area contributed by atoms with Crippen LogP contribution in [0.2, 0.25) is 24.2 Å². The van der Waals surface area contributed by atoms with E-state index in [-0.39, 0.29) is 0 Å². The molecule has 0 fully saturated rings. The van der Waals surface area contributed by atoms with Gasteiger partial charge in [0.1, 0.15) is 0 Å². The first kappa shape index (κ1) is 57.2. The number of hydrogen-bond donors (Lipinski definition) is 0. The molecule has 0 N–H and O–H groups in total. The minimum Gasteiger partial charge on any atom is -0.0654 e. The SMILES string of the molecule is CCCCCCCCCCCCCC[Si](CCCCCCCCCCCCCC)(CCCCCCCCCCCCCC)CCCCCCCCCCCCCC. The Bertz CT molecular complexity index is 567. The largest absolute Gasteiger partial charge is 0.0654 e. The molecule has 344 valence electrons. The summed E-state index contributed by atoms with van der Waals surface area (Å²) >= 11 is 0. The van der Waals surface area contributed by atoms with Crippen LogP contribution in [-0.4, -0.2) is 8.07 Å². The van der Waals surface area contributed by atoms with Gasteiger partial charge in [0.05, 0.1) is 8.07 Å². The van der Waals surface area contributed by atoms with Gasteiger partial charge in [0, 0.05) is 0 Å². The monoisotopic (exact) mass is 817 g/mol. The Morgan fingerprint density at radius 1 is 0.140 bits per heavy atom. The molecule has 0 spiro atoms. The van der Waals surface area contributed by atoms with Gasteiger partial charge in [0.15, 0.2) is 0 Å². The van der Waals surface area contributed by atoms with E-state index in [1.807, 2.05) is 0 Å². The van der Waals surface area contributed by atoms with Crippen molar-refractivity contribution in [3.8, 4) is 0 Å². The minimum atomic E-state index is -1.18. The third-order valence-electron chi connectivity index (χ3n) is 14.2. The lowest BCUT2D eigenvalue weighted by molar-refractivity contribution is 0.541. The van der Waals surface area contributed by atoms with E-state index in [9.17, 15) is 0 Å². The van der Waals surface area contributed by atoms with Crippen LogP contribution in [0.1, 0.15) is 336 Å². The summed E-state index contributed by atoms with van der Waals surface area (Å²) < 4.78 is 0. The lowest BCUT2D eigenvalue weighted by Gasteiger charge is -2.33. The molecular formula is C56H116Si. The zero-order valence-corrected chi connectivity index (χ0v) is 42.3. The first-order valence-corrected chi connectivity index (χ1v) is 31.1. The highest BCUT2D eigenvalue weighted by Gasteiger charge is 2.30. The van der Waals surface area contributed by atoms with Crippen LogP contribution in [0.5, 0.6) is 0 Å². The van der Waals surface area contributed by atoms with E-state index in [0.29, 0.717) is 0 Å². The van der Waals surface area contributed by atoms with Gasteiger partial charge in [0.25, 0.3) is 0 Å². The highest BCUT2D eigenvalue weighted by atomic mass is 28.3. The summed E-state index contributed by atoms with van der Waals surface area (Å²) in [7, 11) is -1.18. The second-order valence-corrected chi connectivity index (χ2v) is 25.1. The summed E-state index contributed by atoms with van der Waals surface area (Å²) in [5, 5.41) is 0. The smallest absolute Gasteiger partial charge is 0.0535 e. The van der Waals surface area contributed by atoms with Gasteiger partial charge in [-0.25, -0.2) is 0 Å². The molecule has 0 radical (unpaired) electrons. The molecule has 0 heterocycles. The Hall–Kier alpha value is 0.217. The molecule has 0 aliphatic carbocycles. The van der Waals surface area contributed by atoms with Crippen molar-refractivity contribution in [2.24, 2.45) is 0 Å². The number of rotatable bonds is 52. The molecule has 0 rings (SSSR count). The summed E-state index contributed by atoms with van der Waals surface area (Å²) in [5.74, 6) is 0. The fraction of sp³-hybridized carbons (Fsp3) is 1.00. The molecule has 0 aliphatic rings. The summed E-state index contributed by atoms with van der Waals surface area (Å²) in [6.45, 7) is 9.35. The van der Waals surface area contributed by atoms with Crippen molar-refractivity contribution in [1.82, 2.24) is 0 Å². The summed E-state index contributed by atoms with van der Waals surface area (Å²) in [6.07, 6.45) is 71.8. The molecule has 0 amide bonds. The predicted octanol–water partition coefficient (Wildman–Crippen LogP) is 22.2. The van der Waals surface area contributed by atoms with Gasteiger partial charge in [-0.3, -0.25) is 0 Å². The molecule has 0 aliphatic heterocycles. The van der Waals surface area contributed by atoms with Gasteiger partial charge >= 0.3 is 0 Å². The van der Waals surface area contributed by atoms with E-state index in [1.54, 1.807) is 75.5 Å². The van der Waals surface area contributed by atoms with Crippen LogP contribution in [-0.2, 0) is 0 Å². The van der Waals surface area contributed by atoms with Gasteiger partial charge in [0.2, 0.25) is 0 Å². The zero-order chi connectivity index (χ0) is 41.3. The van der Waals surface area contributed by atoms with Crippen LogP contribution in [0, 0.1) is 0 Å². The van der Waals surface area contributed by atoms with E-state index >= 15 is 0 Å². The summed E-state index contributed by atoms with van der Waals surface area (Å²) in [6, 6.07) is 6.77. The molecule has 1 heteroatoms. The fourth-order valence-corrected chi connectivity index (χ4v) is 15.6. The first-order valence-electron chi connectivity index (χ1n) is 28.2. The van der Waals surface area contributed by atoms with Crippen molar-refractivity contribution in [2.45, 2.75) is 360 Å². The topological polar surface area (TPSA) is 0 Å². The summed E-state index contributed by atoms with van der Waals surface area (Å²) in [5.41, 5.74) is 0. The van der Waals surface area contributed by atoms with Crippen molar-refractivity contribution in [2.75, 3.05) is 0 Å². The Morgan fingerprint density at radius 2 is 0.246 bits per heavy atom. The maximum Gasteiger partial charge on any atom is 0.0535 e. The van der Waals surface area contributed by atoms with Crippen LogP contribution < -0.4 is 0 Å². The highest BCUT2D eigenvalue weighted by Crippen LogP contribution is 2.35. The average Bonchev–Trinajstić information content (AvgIpc) is 3.22. The van der Waals surface area contributed by atoms with Crippen molar-refractivity contribution in [1.29, 1.82) is 0 Å². The Kier molecular flexibility index (Phi) is 50.8. The normalized spacial score (nSPS) is 12.0. The standard InChI is InChI=1S/C56H116Si/c1-5-9-13-17-21-25-29-33-37-41-45-49-53-57(54-50-46-42-38-34-30-26-22-18-14-10-6-2,55-51-47-43-39-35-31-27-23-19-15-11-7-3)56-52-48-44-40-36-32-28-24-20-16-12-8-4/h5-56H2,1-4H3. The van der Waals surface area contributed by atoms with Crippen LogP contribution in [0.25, 0.3) is 0 Å². The van der Waals surface area contributed by atoms with Gasteiger partial charge in [-0.15, -0.1) is 0 Å². The molecule has 0 atom stereocenters. The predicted molar refractivity (Wildman–Crippen MR) is 269 cm³/mol. The molecular weight excluding hydrogens is 701 g/mol. The maximum absolute atomic E-state index is 2.34. The Labute approximate surface area is 366 Å². The number of hydrogen-bond acceptors (Lipinski definition) is 0. The average molecular weight is 818 g/mol. The van der Waals surface area contributed by atoms with E-state index in [4.69, 9.17) is 0 Å². The highest BCUT2D eigenvalue weighted by molar-refractivity contribution is 6.79. The van der Waals surface area contributed by atoms with E-state index < -0.39 is 8.07 Å². The molecule has 0 aromatic carbocycles. The minimum absolute atomic E-state index is 1.18. The van der Waals surface area contributed by atoms with Crippen LogP contribution in [0.3, 0.4) is 0 Å². The van der Waals surface area contributed by atoms with Crippen LogP contribution in [0.4, 0.5) is 0 Å². The lowest BCUT2D eigenvalue weighted by Crippen LogP contribution is -2.34. The van der Waals surface area contributed by atoms with E-state index in [0.717, 1.165) is 0 Å². The van der Waals surface area contributed by atoms with Crippen molar-refractivity contribution in [3.05, 3.63) is 0 Å². The van der Waals surface area contributed by atoms with Crippen LogP contribution in [0.15, 0.2) is 0 Å². The van der Waals surface area contributed by atoms with Gasteiger partial charge < -0.3 is 0 Å². The lowest BCUT2D eigenvalue weighted by atomic mass is 10.1. The molecule has 0 aromatic rings. The molecule has 0 aromatic heterocycles. The first-order chi connectivity index (χ1) is 28.2. The van der Waals surface area contributed by atoms with Gasteiger partial charge in [-0.1, -0.05) is 360 Å². The molecule has 0 saturated heterocycles. The molecule has 0 saturated carbocycles. The third kappa shape index (κ3) is 45.6. The third-order valence-corrected chi connectivity index (χ3v) is 19.9. The molecule has 0 nitrogen and oxygen atoms in total. The Morgan fingerprint density at radius 3 is 0.368 bits per heavy atom. The molecule has 0 unspecified atom stereocenters. The second-order valence-electron chi connectivity index (χ2n) is 20.1. The Balaban J connectivity index is 4.91. The van der Waals surface area contributed by atoms with Crippen molar-refractivity contribution < 1.29 is 0 Å². The van der Waals surface area contributed by atoms with Gasteiger partial charge in [-0.05, 0) is 0 Å². The second kappa shape index (κ2) is 50.6. The summed E-state index contributed by atoms with van der Waals surface area (Å²) in [4.78, 5) is 0. The fourth-order valence-electron chi connectivity index (χ4n) is 10.1. The van der Waals surface area contributed by atoms with E-state index in [2.05, 4.69) is 27.7 Å². The van der Waals surface area contributed by atoms with Crippen LogP contribution >= 0.6 is 0 Å². The van der Waals surface area contributed by atoms with E-state index in [1.165, 1.54) is 257 Å². The van der Waals surface area contributed by atoms with Gasteiger partial charge in [-0.2, -0.15) is 0 Å². The molecule has 0 bridgehead atoms. The van der Waals surface area contributed by atoms with Crippen molar-refractivity contribution in [3.63, 3.8) is 0 Å². The quantitative estimate of drug-likeness (QED) is 0.0424. The zero-order valence-electron chi connectivity index (χ0n) is 41.3. The number of unbranched alkanes of at least 4 members (excludes halogenated alkanes) is 44. The molecule has 57 heavy (non-hydrogen) atoms.